The van der Waals surface area contributed by atoms with Crippen molar-refractivity contribution >= 4 is 22.9 Å². The van der Waals surface area contributed by atoms with Crippen molar-refractivity contribution in [3.05, 3.63) is 84.0 Å². The van der Waals surface area contributed by atoms with Gasteiger partial charge in [0.15, 0.2) is 11.3 Å². The van der Waals surface area contributed by atoms with E-state index in [9.17, 15) is 43.9 Å². The maximum Gasteiger partial charge on any atom is 1.00 e. The summed E-state index contributed by atoms with van der Waals surface area (Å²) in [6.45, 7) is 5.59. The number of nitrogens with zero attached hydrogens (tertiary/aromatic N) is 8. The summed E-state index contributed by atoms with van der Waals surface area (Å²) < 4.78 is 143. The van der Waals surface area contributed by atoms with Crippen LogP contribution in [0.15, 0.2) is 61.2 Å². The summed E-state index contributed by atoms with van der Waals surface area (Å²) in [7, 11) is 0. The van der Waals surface area contributed by atoms with E-state index in [0.29, 0.717) is 11.1 Å². The number of hydrogen-bond acceptors (Lipinski definition) is 10. The minimum absolute atomic E-state index is 0. The van der Waals surface area contributed by atoms with Crippen LogP contribution in [0.3, 0.4) is 0 Å². The average Bonchev–Trinajstić information content (AvgIpc) is 3.71. The molecule has 0 N–H and O–H groups in total. The molecular formula is C33H30ClF10N8NaO4. The summed E-state index contributed by atoms with van der Waals surface area (Å²) in [5, 5.41) is 19.1. The van der Waals surface area contributed by atoms with E-state index in [-0.39, 0.29) is 95.5 Å². The van der Waals surface area contributed by atoms with Gasteiger partial charge in [0.1, 0.15) is 11.5 Å². The van der Waals surface area contributed by atoms with E-state index in [1.807, 2.05) is 0 Å². The molecule has 0 saturated heterocycles. The third-order valence-electron chi connectivity index (χ3n) is 6.82. The number of ether oxygens (including phenoxy) is 3. The molecule has 0 radical (unpaired) electrons. The molecule has 57 heavy (non-hydrogen) atoms. The van der Waals surface area contributed by atoms with Crippen LogP contribution in [0.2, 0.25) is 0 Å². The Morgan fingerprint density at radius 3 is 1.40 bits per heavy atom. The smallest absolute Gasteiger partial charge is 0.855 e. The topological polar surface area (TPSA) is 137 Å². The predicted molar refractivity (Wildman–Crippen MR) is 178 cm³/mol. The standard InChI is InChI=1S/C16H13F5N4O2.C14H8ClF5N4O.C2H5O.CH4.Na/c1-3-26-15(17,18)14-24-23-13-7-22-11(8-25(13)14)10-4-5-12(9(2)6-10)27-16(19,20)21;1-7-4-8(2-3-10(7)25-14(18,19)20)9-6-24-11(5-21-9)22-23-12(24)13(15,16)17;1-2-3;;/h4-8H,3H2,1-2H3;2-6H,1H3;2H2,1H3;1H4;/q;;-1;;+1. The number of rotatable bonds is 8. The van der Waals surface area contributed by atoms with E-state index < -0.39 is 35.9 Å². The van der Waals surface area contributed by atoms with Crippen LogP contribution < -0.4 is 44.1 Å². The molecule has 0 saturated carbocycles. The zero-order chi connectivity index (χ0) is 40.9. The molecule has 304 valence electrons. The Bertz CT molecular complexity index is 2250. The molecule has 6 aromatic rings. The van der Waals surface area contributed by atoms with Crippen LogP contribution in [-0.4, -0.2) is 65.1 Å². The zero-order valence-corrected chi connectivity index (χ0v) is 32.3. The van der Waals surface area contributed by atoms with E-state index in [2.05, 4.69) is 44.6 Å². The summed E-state index contributed by atoms with van der Waals surface area (Å²) in [5.41, 5.74) is 1.77. The maximum absolute atomic E-state index is 14.0. The van der Waals surface area contributed by atoms with Crippen molar-refractivity contribution in [2.75, 3.05) is 13.2 Å². The molecule has 0 atom stereocenters. The normalized spacial score (nSPS) is 11.8. The van der Waals surface area contributed by atoms with Gasteiger partial charge in [0.05, 0.1) is 30.4 Å². The summed E-state index contributed by atoms with van der Waals surface area (Å²) in [5.74, 6) is -2.24. The van der Waals surface area contributed by atoms with Crippen LogP contribution in [0.25, 0.3) is 33.8 Å². The zero-order valence-electron chi connectivity index (χ0n) is 29.6. The SMILES string of the molecule is C.CCOC(F)(F)c1nnc2cnc(-c3ccc(OC(F)(F)F)c(C)c3)cn12.CC[O-].Cc1cc(-c2cn3c(C(F)(F)Cl)nnc3cn2)ccc1OC(F)(F)F.[Na+]. The molecule has 0 spiro atoms. The van der Waals surface area contributed by atoms with Gasteiger partial charge < -0.3 is 19.3 Å². The molecule has 12 nitrogen and oxygen atoms in total. The molecule has 0 fully saturated rings. The molecule has 0 bridgehead atoms. The Hall–Kier alpha value is -4.35. The number of fused-ring (bicyclic) bond motifs is 2. The minimum atomic E-state index is -4.81. The Labute approximate surface area is 344 Å². The maximum atomic E-state index is 14.0. The molecule has 4 heterocycles. The van der Waals surface area contributed by atoms with Crippen molar-refractivity contribution < 1.29 is 92.8 Å². The summed E-state index contributed by atoms with van der Waals surface area (Å²) >= 11 is 4.98. The van der Waals surface area contributed by atoms with Crippen molar-refractivity contribution in [1.82, 2.24) is 39.2 Å². The molecule has 0 amide bonds. The van der Waals surface area contributed by atoms with Gasteiger partial charge in [-0.2, -0.15) is 17.6 Å². The Kier molecular flexibility index (Phi) is 16.6. The molecule has 0 aliphatic carbocycles. The van der Waals surface area contributed by atoms with E-state index in [0.717, 1.165) is 20.9 Å². The average molecular weight is 851 g/mol. The molecule has 4 aromatic heterocycles. The number of alkyl halides is 11. The molecule has 24 heteroatoms. The number of hydrogen-bond donors (Lipinski definition) is 0. The quantitative estimate of drug-likeness (QED) is 0.112. The minimum Gasteiger partial charge on any atom is -0.855 e. The van der Waals surface area contributed by atoms with E-state index in [1.165, 1.54) is 69.8 Å². The number of benzene rings is 2. The summed E-state index contributed by atoms with van der Waals surface area (Å²) in [6, 6.07) is 7.70. The molecule has 0 aliphatic heterocycles. The van der Waals surface area contributed by atoms with Crippen molar-refractivity contribution in [3.8, 4) is 34.0 Å². The first-order valence-electron chi connectivity index (χ1n) is 15.4. The molecule has 2 aromatic carbocycles. The van der Waals surface area contributed by atoms with Gasteiger partial charge in [0.25, 0.3) is 0 Å². The van der Waals surface area contributed by atoms with Crippen LogP contribution in [0.5, 0.6) is 11.5 Å². The first-order valence-corrected chi connectivity index (χ1v) is 15.8. The van der Waals surface area contributed by atoms with Gasteiger partial charge in [0, 0.05) is 23.5 Å². The molecule has 0 aliphatic rings. The summed E-state index contributed by atoms with van der Waals surface area (Å²) in [6.07, 6.45) is -8.38. The fraction of sp³-hybridized carbons (Fsp3) is 0.333. The molecule has 6 rings (SSSR count). The number of aromatic nitrogens is 8. The van der Waals surface area contributed by atoms with Crippen LogP contribution in [-0.2, 0) is 16.2 Å². The Balaban J connectivity index is 0.000000357. The van der Waals surface area contributed by atoms with Crippen LogP contribution >= 0.6 is 11.6 Å². The van der Waals surface area contributed by atoms with Crippen molar-refractivity contribution in [3.63, 3.8) is 0 Å². The molecular weight excluding hydrogens is 821 g/mol. The van der Waals surface area contributed by atoms with Crippen LogP contribution in [0.4, 0.5) is 43.9 Å². The van der Waals surface area contributed by atoms with Gasteiger partial charge in [-0.3, -0.25) is 18.8 Å². The van der Waals surface area contributed by atoms with E-state index in [4.69, 9.17) is 16.7 Å². The van der Waals surface area contributed by atoms with Crippen molar-refractivity contribution in [2.45, 2.75) is 59.3 Å². The van der Waals surface area contributed by atoms with Crippen molar-refractivity contribution in [1.29, 1.82) is 0 Å². The summed E-state index contributed by atoms with van der Waals surface area (Å²) in [4.78, 5) is 8.14. The first kappa shape index (κ1) is 48.8. The van der Waals surface area contributed by atoms with E-state index >= 15 is 0 Å². The second kappa shape index (κ2) is 19.4. The van der Waals surface area contributed by atoms with Gasteiger partial charge in [-0.05, 0) is 79.9 Å². The third kappa shape index (κ3) is 12.8. The Morgan fingerprint density at radius 2 is 1.05 bits per heavy atom. The van der Waals surface area contributed by atoms with Gasteiger partial charge in [-0.25, -0.2) is 0 Å². The fourth-order valence-electron chi connectivity index (χ4n) is 4.63. The van der Waals surface area contributed by atoms with Gasteiger partial charge >= 0.3 is 53.8 Å². The fourth-order valence-corrected chi connectivity index (χ4v) is 4.76. The second-order valence-electron chi connectivity index (χ2n) is 10.8. The van der Waals surface area contributed by atoms with Gasteiger partial charge in [-0.1, -0.05) is 14.4 Å². The number of aryl methyl sites for hydroxylation is 2. The van der Waals surface area contributed by atoms with Gasteiger partial charge in [-0.15, -0.1) is 53.3 Å². The molecule has 0 unspecified atom stereocenters. The van der Waals surface area contributed by atoms with E-state index in [1.54, 1.807) is 6.92 Å². The monoisotopic (exact) mass is 850 g/mol. The van der Waals surface area contributed by atoms with Crippen LogP contribution in [0, 0.1) is 13.8 Å². The third-order valence-corrected chi connectivity index (χ3v) is 6.99. The second-order valence-corrected chi connectivity index (χ2v) is 11.3. The van der Waals surface area contributed by atoms with Gasteiger partial charge in [0.2, 0.25) is 11.6 Å². The van der Waals surface area contributed by atoms with Crippen LogP contribution in [0.1, 0.15) is 44.0 Å². The number of halogens is 11. The predicted octanol–water partition coefficient (Wildman–Crippen LogP) is 5.38. The Morgan fingerprint density at radius 1 is 0.667 bits per heavy atom. The van der Waals surface area contributed by atoms with Crippen molar-refractivity contribution in [2.24, 2.45) is 0 Å². The largest absolute Gasteiger partial charge is 1.00 e. The first-order chi connectivity index (χ1) is 25.6.